The minimum Gasteiger partial charge on any atom is -0.456 e. The Morgan fingerprint density at radius 1 is 1.28 bits per heavy atom. The van der Waals surface area contributed by atoms with Crippen LogP contribution in [-0.4, -0.2) is 42.6 Å². The monoisotopic (exact) mass is 516 g/mol. The summed E-state index contributed by atoms with van der Waals surface area (Å²) >= 11 is 4.64. The van der Waals surface area contributed by atoms with Crippen LogP contribution in [0, 0.1) is 10.1 Å². The lowest BCUT2D eigenvalue weighted by Gasteiger charge is -2.50. The van der Waals surface area contributed by atoms with E-state index in [4.69, 9.17) is 4.74 Å². The normalized spacial score (nSPS) is 22.8. The first-order chi connectivity index (χ1) is 15.3. The summed E-state index contributed by atoms with van der Waals surface area (Å²) in [5.41, 5.74) is 1.51. The second-order valence-electron chi connectivity index (χ2n) is 7.15. The van der Waals surface area contributed by atoms with Crippen molar-refractivity contribution >= 4 is 51.3 Å². The van der Waals surface area contributed by atoms with Gasteiger partial charge in [0.05, 0.1) is 11.0 Å². The summed E-state index contributed by atoms with van der Waals surface area (Å²) in [4.78, 5) is 36.9. The minimum atomic E-state index is -1.25. The number of rotatable bonds is 7. The maximum atomic E-state index is 12.9. The van der Waals surface area contributed by atoms with Gasteiger partial charge in [-0.2, -0.15) is 0 Å². The molecule has 4 rings (SSSR count). The molecule has 32 heavy (non-hydrogen) atoms. The van der Waals surface area contributed by atoms with Crippen molar-refractivity contribution in [2.45, 2.75) is 22.4 Å². The van der Waals surface area contributed by atoms with Crippen molar-refractivity contribution in [3.63, 3.8) is 0 Å². The number of ether oxygens (including phenoxy) is 1. The molecule has 2 aliphatic heterocycles. The Kier molecular flexibility index (Phi) is 6.18. The van der Waals surface area contributed by atoms with Crippen molar-refractivity contribution in [1.82, 2.24) is 4.90 Å². The zero-order chi connectivity index (χ0) is 22.9. The molecule has 8 nitrogen and oxygen atoms in total. The molecule has 2 heterocycles. The number of nitrogens with zero attached hydrogens (tertiary/aromatic N) is 2. The number of benzene rings is 2. The number of hydrogen-bond acceptors (Lipinski definition) is 7. The SMILES string of the molecule is O=C(OCc1ccc([N+](=O)[O-])cc1)C1=CS[C@H]2N1C(=O)C2(Br)C(O)/C=C/c1ccccc1. The van der Waals surface area contributed by atoms with Crippen molar-refractivity contribution in [1.29, 1.82) is 0 Å². The molecule has 1 fully saturated rings. The summed E-state index contributed by atoms with van der Waals surface area (Å²) in [5.74, 6) is -1.12. The molecule has 0 bridgehead atoms. The van der Waals surface area contributed by atoms with E-state index in [2.05, 4.69) is 15.9 Å². The molecule has 1 N–H and O–H groups in total. The van der Waals surface area contributed by atoms with Crippen LogP contribution in [0.4, 0.5) is 5.69 Å². The molecule has 1 amide bonds. The molecule has 2 aliphatic rings. The number of halogens is 1. The third kappa shape index (κ3) is 3.96. The van der Waals surface area contributed by atoms with Gasteiger partial charge in [-0.3, -0.25) is 19.8 Å². The molecule has 164 valence electrons. The predicted molar refractivity (Wildman–Crippen MR) is 122 cm³/mol. The van der Waals surface area contributed by atoms with Crippen LogP contribution in [0.5, 0.6) is 0 Å². The summed E-state index contributed by atoms with van der Waals surface area (Å²) in [6.07, 6.45) is 2.17. The molecular formula is C22H17BrN2O6S. The lowest BCUT2D eigenvalue weighted by Crippen LogP contribution is -2.72. The molecule has 1 saturated heterocycles. The van der Waals surface area contributed by atoms with Gasteiger partial charge in [-0.25, -0.2) is 4.79 Å². The number of amides is 1. The highest BCUT2D eigenvalue weighted by atomic mass is 79.9. The van der Waals surface area contributed by atoms with Gasteiger partial charge in [-0.1, -0.05) is 58.4 Å². The fraction of sp³-hybridized carbons (Fsp3) is 0.182. The van der Waals surface area contributed by atoms with Crippen LogP contribution < -0.4 is 0 Å². The van der Waals surface area contributed by atoms with Gasteiger partial charge in [0, 0.05) is 17.5 Å². The molecule has 0 saturated carbocycles. The summed E-state index contributed by atoms with van der Waals surface area (Å²) < 4.78 is 4.02. The zero-order valence-electron chi connectivity index (χ0n) is 16.5. The van der Waals surface area contributed by atoms with Crippen molar-refractivity contribution in [2.75, 3.05) is 0 Å². The maximum absolute atomic E-state index is 12.9. The average Bonchev–Trinajstić information content (AvgIpc) is 3.23. The second kappa shape index (κ2) is 8.89. The minimum absolute atomic E-state index is 0.0578. The van der Waals surface area contributed by atoms with Crippen molar-refractivity contribution in [3.05, 3.63) is 93.0 Å². The van der Waals surface area contributed by atoms with Gasteiger partial charge < -0.3 is 9.84 Å². The lowest BCUT2D eigenvalue weighted by atomic mass is 9.90. The summed E-state index contributed by atoms with van der Waals surface area (Å²) in [7, 11) is 0. The van der Waals surface area contributed by atoms with Gasteiger partial charge in [-0.05, 0) is 23.3 Å². The zero-order valence-corrected chi connectivity index (χ0v) is 18.9. The number of nitro benzene ring substituents is 1. The van der Waals surface area contributed by atoms with Crippen molar-refractivity contribution < 1.29 is 24.4 Å². The van der Waals surface area contributed by atoms with E-state index in [1.54, 1.807) is 12.2 Å². The number of aliphatic hydroxyl groups excluding tert-OH is 1. The molecule has 2 unspecified atom stereocenters. The van der Waals surface area contributed by atoms with E-state index in [1.807, 2.05) is 30.3 Å². The fourth-order valence-electron chi connectivity index (χ4n) is 3.36. The summed E-state index contributed by atoms with van der Waals surface area (Å²) in [6, 6.07) is 15.0. The van der Waals surface area contributed by atoms with Gasteiger partial charge in [0.2, 0.25) is 0 Å². The number of thioether (sulfide) groups is 1. The lowest BCUT2D eigenvalue weighted by molar-refractivity contribution is -0.384. The first-order valence-corrected chi connectivity index (χ1v) is 11.3. The van der Waals surface area contributed by atoms with Gasteiger partial charge >= 0.3 is 5.97 Å². The van der Waals surface area contributed by atoms with E-state index in [9.17, 15) is 24.8 Å². The van der Waals surface area contributed by atoms with Crippen LogP contribution in [0.25, 0.3) is 6.08 Å². The fourth-order valence-corrected chi connectivity index (χ4v) is 5.47. The first-order valence-electron chi connectivity index (χ1n) is 9.52. The molecule has 0 aromatic heterocycles. The first kappa shape index (κ1) is 22.3. The van der Waals surface area contributed by atoms with E-state index in [0.717, 1.165) is 5.56 Å². The van der Waals surface area contributed by atoms with Gasteiger partial charge in [0.25, 0.3) is 11.6 Å². The number of hydrogen-bond donors (Lipinski definition) is 1. The molecule has 2 aromatic carbocycles. The van der Waals surface area contributed by atoms with Crippen molar-refractivity contribution in [3.8, 4) is 0 Å². The van der Waals surface area contributed by atoms with Crippen LogP contribution >= 0.6 is 27.7 Å². The molecule has 3 atom stereocenters. The van der Waals surface area contributed by atoms with Crippen LogP contribution in [0.15, 0.2) is 71.8 Å². The Bertz CT molecular complexity index is 1120. The molecule has 0 aliphatic carbocycles. The Morgan fingerprint density at radius 2 is 1.97 bits per heavy atom. The number of nitro groups is 1. The van der Waals surface area contributed by atoms with E-state index in [0.29, 0.717) is 5.56 Å². The summed E-state index contributed by atoms with van der Waals surface area (Å²) in [5, 5.41) is 22.4. The number of fused-ring (bicyclic) bond motifs is 1. The number of alkyl halides is 1. The van der Waals surface area contributed by atoms with E-state index < -0.39 is 32.6 Å². The van der Waals surface area contributed by atoms with Gasteiger partial charge in [0.15, 0.2) is 4.32 Å². The second-order valence-corrected chi connectivity index (χ2v) is 9.42. The predicted octanol–water partition coefficient (Wildman–Crippen LogP) is 3.60. The quantitative estimate of drug-likeness (QED) is 0.197. The maximum Gasteiger partial charge on any atom is 0.355 e. The van der Waals surface area contributed by atoms with Crippen LogP contribution in [0.2, 0.25) is 0 Å². The van der Waals surface area contributed by atoms with Crippen LogP contribution in [0.1, 0.15) is 11.1 Å². The van der Waals surface area contributed by atoms with Gasteiger partial charge in [-0.15, -0.1) is 11.8 Å². The Hall–Kier alpha value is -2.95. The highest BCUT2D eigenvalue weighted by Gasteiger charge is 2.66. The van der Waals surface area contributed by atoms with E-state index >= 15 is 0 Å². The Balaban J connectivity index is 1.37. The molecular weight excluding hydrogens is 500 g/mol. The van der Waals surface area contributed by atoms with Crippen LogP contribution in [-0.2, 0) is 20.9 Å². The third-order valence-corrected chi connectivity index (χ3v) is 7.88. The number of β-lactam (4-membered cyclic amide) rings is 1. The topological polar surface area (TPSA) is 110 Å². The molecule has 0 spiro atoms. The van der Waals surface area contributed by atoms with Gasteiger partial charge in [0.1, 0.15) is 17.7 Å². The smallest absolute Gasteiger partial charge is 0.355 e. The molecule has 0 radical (unpaired) electrons. The van der Waals surface area contributed by atoms with E-state index in [1.165, 1.54) is 46.3 Å². The molecule has 10 heteroatoms. The highest BCUT2D eigenvalue weighted by molar-refractivity contribution is 9.10. The highest BCUT2D eigenvalue weighted by Crippen LogP contribution is 2.53. The largest absolute Gasteiger partial charge is 0.456 e. The van der Waals surface area contributed by atoms with Crippen LogP contribution in [0.3, 0.4) is 0 Å². The number of carbonyl (C=O) groups excluding carboxylic acids is 2. The van der Waals surface area contributed by atoms with E-state index in [-0.39, 0.29) is 18.0 Å². The Morgan fingerprint density at radius 3 is 2.62 bits per heavy atom. The number of carbonyl (C=O) groups is 2. The summed E-state index contributed by atoms with van der Waals surface area (Å²) in [6.45, 7) is -0.0899. The number of aliphatic hydroxyl groups is 1. The third-order valence-electron chi connectivity index (χ3n) is 5.14. The average molecular weight is 517 g/mol. The number of esters is 1. The molecule has 2 aromatic rings. The van der Waals surface area contributed by atoms with Crippen molar-refractivity contribution in [2.24, 2.45) is 0 Å². The number of non-ortho nitro benzene ring substituents is 1. The Labute approximate surface area is 195 Å². The standard InChI is InChI=1S/C22H17BrN2O6S/c23-22(18(26)11-8-14-4-2-1-3-5-14)20(28)24-17(13-32-21(22)24)19(27)31-12-15-6-9-16(10-7-15)25(29)30/h1-11,13,18,21,26H,12H2/b11-8+/t18?,21-,22?/m1/s1.